The van der Waals surface area contributed by atoms with Gasteiger partial charge in [0.25, 0.3) is 17.5 Å². The fraction of sp³-hybridized carbons (Fsp3) is 0.125. The third-order valence-corrected chi connectivity index (χ3v) is 7.09. The average Bonchev–Trinajstić information content (AvgIpc) is 3.16. The summed E-state index contributed by atoms with van der Waals surface area (Å²) in [6.07, 6.45) is -0.418. The zero-order valence-electron chi connectivity index (χ0n) is 19.3. The van der Waals surface area contributed by atoms with Crippen LogP contribution in [0.3, 0.4) is 0 Å². The third kappa shape index (κ3) is 5.39. The number of carbonyl (C=O) groups is 3. The number of nitro groups is 1. The topological polar surface area (TPSA) is 161 Å². The Morgan fingerprint density at radius 3 is 2.32 bits per heavy atom. The summed E-state index contributed by atoms with van der Waals surface area (Å²) >= 11 is 5.86. The molecule has 0 spiro atoms. The molecule has 1 heterocycles. The Hall–Kier alpha value is -4.20. The Morgan fingerprint density at radius 1 is 1.11 bits per heavy atom. The molecule has 196 valence electrons. The van der Waals surface area contributed by atoms with E-state index >= 15 is 0 Å². The zero-order valence-corrected chi connectivity index (χ0v) is 20.9. The van der Waals surface area contributed by atoms with Crippen LogP contribution in [0.2, 0.25) is 5.02 Å². The molecule has 1 saturated heterocycles. The van der Waals surface area contributed by atoms with Crippen molar-refractivity contribution in [1.82, 2.24) is 4.90 Å². The van der Waals surface area contributed by atoms with Crippen molar-refractivity contribution in [2.24, 2.45) is 5.14 Å². The van der Waals surface area contributed by atoms with E-state index in [9.17, 15) is 37.3 Å². The summed E-state index contributed by atoms with van der Waals surface area (Å²) < 4.78 is 36.5. The van der Waals surface area contributed by atoms with E-state index in [0.29, 0.717) is 5.56 Å². The number of nitrogens with two attached hydrogens (primary N) is 1. The van der Waals surface area contributed by atoms with Crippen LogP contribution in [0.15, 0.2) is 71.6 Å². The molecule has 4 rings (SSSR count). The van der Waals surface area contributed by atoms with Crippen LogP contribution in [-0.2, 0) is 26.2 Å². The summed E-state index contributed by atoms with van der Waals surface area (Å²) in [5, 5.41) is 16.2. The Labute approximate surface area is 220 Å². The van der Waals surface area contributed by atoms with Gasteiger partial charge in [0.1, 0.15) is 16.9 Å². The van der Waals surface area contributed by atoms with Crippen LogP contribution in [0, 0.1) is 15.9 Å². The van der Waals surface area contributed by atoms with E-state index in [1.165, 1.54) is 36.4 Å². The number of primary sulfonamides is 1. The van der Waals surface area contributed by atoms with Crippen LogP contribution in [0.5, 0.6) is 0 Å². The maximum atomic E-state index is 13.6. The number of nitro benzene ring substituents is 1. The van der Waals surface area contributed by atoms with E-state index in [2.05, 4.69) is 0 Å². The lowest BCUT2D eigenvalue weighted by molar-refractivity contribution is -0.384. The monoisotopic (exact) mass is 560 g/mol. The Bertz CT molecular complexity index is 1560. The SMILES string of the molecule is NS(=O)(=O)c1ccc(N2C(=O)CC(N(Cc3ccc(F)cc3)C(=O)c3ccc(Cl)c([N+](=O)[O-])c3)C2=O)cc1. The van der Waals surface area contributed by atoms with Gasteiger partial charge >= 0.3 is 0 Å². The highest BCUT2D eigenvalue weighted by Gasteiger charge is 2.44. The number of nitrogens with zero attached hydrogens (tertiary/aromatic N) is 3. The van der Waals surface area contributed by atoms with Crippen molar-refractivity contribution in [1.29, 1.82) is 0 Å². The second kappa shape index (κ2) is 10.3. The average molecular weight is 561 g/mol. The molecule has 2 N–H and O–H groups in total. The maximum absolute atomic E-state index is 13.6. The van der Waals surface area contributed by atoms with Gasteiger partial charge in [0.2, 0.25) is 15.9 Å². The van der Waals surface area contributed by atoms with Crippen molar-refractivity contribution >= 4 is 50.7 Å². The number of imide groups is 1. The molecule has 3 aromatic carbocycles. The second-order valence-corrected chi connectivity index (χ2v) is 10.3. The van der Waals surface area contributed by atoms with Crippen molar-refractivity contribution in [3.05, 3.63) is 98.8 Å². The number of rotatable bonds is 7. The second-order valence-electron chi connectivity index (χ2n) is 8.31. The molecule has 0 bridgehead atoms. The molecule has 1 fully saturated rings. The normalized spacial score (nSPS) is 15.6. The Kier molecular flexibility index (Phi) is 7.26. The quantitative estimate of drug-likeness (QED) is 0.264. The molecule has 14 heteroatoms. The van der Waals surface area contributed by atoms with Crippen LogP contribution < -0.4 is 10.0 Å². The molecule has 0 aromatic heterocycles. The summed E-state index contributed by atoms with van der Waals surface area (Å²) in [5.74, 6) is -2.77. The molecule has 3 amide bonds. The minimum absolute atomic E-state index is 0.0613. The molecule has 38 heavy (non-hydrogen) atoms. The van der Waals surface area contributed by atoms with Gasteiger partial charge in [-0.05, 0) is 54.1 Å². The minimum Gasteiger partial charge on any atom is -0.322 e. The van der Waals surface area contributed by atoms with Gasteiger partial charge in [0.15, 0.2) is 0 Å². The number of amides is 3. The van der Waals surface area contributed by atoms with Gasteiger partial charge in [-0.2, -0.15) is 0 Å². The van der Waals surface area contributed by atoms with Crippen molar-refractivity contribution in [2.45, 2.75) is 23.9 Å². The van der Waals surface area contributed by atoms with Crippen molar-refractivity contribution < 1.29 is 32.1 Å². The summed E-state index contributed by atoms with van der Waals surface area (Å²) in [6.45, 7) is -0.225. The first-order valence-electron chi connectivity index (χ1n) is 10.9. The maximum Gasteiger partial charge on any atom is 0.288 e. The van der Waals surface area contributed by atoms with Crippen molar-refractivity contribution in [3.8, 4) is 0 Å². The van der Waals surface area contributed by atoms with Gasteiger partial charge < -0.3 is 4.90 Å². The smallest absolute Gasteiger partial charge is 0.288 e. The molecule has 0 aliphatic carbocycles. The lowest BCUT2D eigenvalue weighted by Gasteiger charge is -2.28. The Balaban J connectivity index is 1.72. The number of halogens is 2. The number of hydrogen-bond donors (Lipinski definition) is 1. The van der Waals surface area contributed by atoms with Gasteiger partial charge in [-0.1, -0.05) is 23.7 Å². The van der Waals surface area contributed by atoms with Crippen molar-refractivity contribution in [2.75, 3.05) is 4.90 Å². The summed E-state index contributed by atoms with van der Waals surface area (Å²) in [7, 11) is -4.01. The van der Waals surface area contributed by atoms with Crippen molar-refractivity contribution in [3.63, 3.8) is 0 Å². The summed E-state index contributed by atoms with van der Waals surface area (Å²) in [6, 6.07) is 11.9. The van der Waals surface area contributed by atoms with Crippen LogP contribution in [0.25, 0.3) is 0 Å². The fourth-order valence-corrected chi connectivity index (χ4v) is 4.68. The van der Waals surface area contributed by atoms with E-state index in [4.69, 9.17) is 16.7 Å². The van der Waals surface area contributed by atoms with E-state index < -0.39 is 56.6 Å². The number of anilines is 1. The lowest BCUT2D eigenvalue weighted by Crippen LogP contribution is -2.45. The predicted octanol–water partition coefficient (Wildman–Crippen LogP) is 3.01. The van der Waals surface area contributed by atoms with Gasteiger partial charge in [-0.15, -0.1) is 0 Å². The first-order valence-corrected chi connectivity index (χ1v) is 12.8. The first-order chi connectivity index (χ1) is 17.9. The molecule has 11 nitrogen and oxygen atoms in total. The highest BCUT2D eigenvalue weighted by atomic mass is 35.5. The van der Waals surface area contributed by atoms with E-state index in [1.54, 1.807) is 0 Å². The highest BCUT2D eigenvalue weighted by Crippen LogP contribution is 2.30. The molecular formula is C24H18ClFN4O7S. The number of benzene rings is 3. The molecular weight excluding hydrogens is 543 g/mol. The van der Waals surface area contributed by atoms with Gasteiger partial charge in [-0.25, -0.2) is 22.8 Å². The number of hydrogen-bond acceptors (Lipinski definition) is 7. The number of carbonyl (C=O) groups excluding carboxylic acids is 3. The van der Waals surface area contributed by atoms with Crippen LogP contribution >= 0.6 is 11.6 Å². The van der Waals surface area contributed by atoms with Crippen LogP contribution in [0.4, 0.5) is 15.8 Å². The lowest BCUT2D eigenvalue weighted by atomic mass is 10.1. The third-order valence-electron chi connectivity index (χ3n) is 5.84. The van der Waals surface area contributed by atoms with E-state index in [1.807, 2.05) is 0 Å². The standard InChI is InChI=1S/C24H18ClFN4O7S/c25-19-10-3-15(11-20(19)30(34)35)23(32)28(13-14-1-4-16(26)5-2-14)21-12-22(31)29(24(21)33)17-6-8-18(9-7-17)38(27,36)37/h1-11,21H,12-13H2,(H2,27,36,37). The van der Waals surface area contributed by atoms with Gasteiger partial charge in [0.05, 0.1) is 21.9 Å². The summed E-state index contributed by atoms with van der Waals surface area (Å²) in [4.78, 5) is 52.1. The van der Waals surface area contributed by atoms with E-state index in [-0.39, 0.29) is 27.7 Å². The number of sulfonamides is 1. The van der Waals surface area contributed by atoms with Crippen LogP contribution in [0.1, 0.15) is 22.3 Å². The molecule has 3 aromatic rings. The predicted molar refractivity (Wildman–Crippen MR) is 133 cm³/mol. The van der Waals surface area contributed by atoms with Crippen LogP contribution in [-0.4, -0.2) is 42.0 Å². The molecule has 0 radical (unpaired) electrons. The van der Waals surface area contributed by atoms with Gasteiger partial charge in [0, 0.05) is 18.2 Å². The first kappa shape index (κ1) is 26.9. The zero-order chi connectivity index (χ0) is 27.8. The minimum atomic E-state index is -4.01. The molecule has 1 atom stereocenters. The highest BCUT2D eigenvalue weighted by molar-refractivity contribution is 7.89. The summed E-state index contributed by atoms with van der Waals surface area (Å²) in [5.41, 5.74) is -0.185. The molecule has 1 unspecified atom stereocenters. The van der Waals surface area contributed by atoms with E-state index in [0.717, 1.165) is 40.1 Å². The molecule has 1 aliphatic rings. The van der Waals surface area contributed by atoms with Gasteiger partial charge in [-0.3, -0.25) is 24.5 Å². The largest absolute Gasteiger partial charge is 0.322 e. The molecule has 0 saturated carbocycles. The fourth-order valence-electron chi connectivity index (χ4n) is 3.98. The molecule has 1 aliphatic heterocycles. The Morgan fingerprint density at radius 2 is 1.74 bits per heavy atom.